The average molecular weight is 432 g/mol. The van der Waals surface area contributed by atoms with Gasteiger partial charge in [-0.15, -0.1) is 0 Å². The number of hydrazine groups is 1. The summed E-state index contributed by atoms with van der Waals surface area (Å²) in [6.45, 7) is 5.76. The molecule has 0 heterocycles. The van der Waals surface area contributed by atoms with Gasteiger partial charge in [0.2, 0.25) is 11.8 Å². The predicted octanol–water partition coefficient (Wildman–Crippen LogP) is 3.55. The number of carbonyl (C=O) groups excluding carboxylic acids is 3. The lowest BCUT2D eigenvalue weighted by atomic mass is 10.1. The predicted molar refractivity (Wildman–Crippen MR) is 108 cm³/mol. The molecular weight excluding hydrogens is 410 g/mol. The molecule has 0 aliphatic carbocycles. The standard InChI is InChI=1S/C20H22BrN3O3/c1-12-4-5-14(3)17(10-12)22-18(25)8-9-19(26)23-24-20(27)15-7-6-13(2)16(21)11-15/h4-7,10-11H,8-9H2,1-3H3,(H,22,25)(H,23,26)(H,24,27). The number of amides is 3. The van der Waals surface area contributed by atoms with Crippen molar-refractivity contribution in [3.8, 4) is 0 Å². The van der Waals surface area contributed by atoms with Gasteiger partial charge in [-0.1, -0.05) is 34.1 Å². The van der Waals surface area contributed by atoms with Crippen molar-refractivity contribution in [2.45, 2.75) is 33.6 Å². The van der Waals surface area contributed by atoms with Crippen LogP contribution >= 0.6 is 15.9 Å². The molecule has 27 heavy (non-hydrogen) atoms. The fourth-order valence-electron chi connectivity index (χ4n) is 2.31. The van der Waals surface area contributed by atoms with Gasteiger partial charge in [0.15, 0.2) is 0 Å². The molecule has 0 aliphatic rings. The lowest BCUT2D eigenvalue weighted by Crippen LogP contribution is -2.41. The number of rotatable bonds is 5. The highest BCUT2D eigenvalue weighted by Gasteiger charge is 2.11. The Labute approximate surface area is 166 Å². The third-order valence-corrected chi connectivity index (χ3v) is 4.85. The lowest BCUT2D eigenvalue weighted by Gasteiger charge is -2.10. The summed E-state index contributed by atoms with van der Waals surface area (Å²) in [4.78, 5) is 35.9. The minimum atomic E-state index is -0.439. The van der Waals surface area contributed by atoms with Crippen molar-refractivity contribution >= 4 is 39.3 Å². The normalized spacial score (nSPS) is 10.2. The van der Waals surface area contributed by atoms with E-state index in [4.69, 9.17) is 0 Å². The van der Waals surface area contributed by atoms with Crippen molar-refractivity contribution in [2.75, 3.05) is 5.32 Å². The molecule has 7 heteroatoms. The monoisotopic (exact) mass is 431 g/mol. The summed E-state index contributed by atoms with van der Waals surface area (Å²) < 4.78 is 0.810. The molecule has 0 saturated carbocycles. The van der Waals surface area contributed by atoms with Gasteiger partial charge in [-0.05, 0) is 55.7 Å². The minimum absolute atomic E-state index is 0.0190. The van der Waals surface area contributed by atoms with Gasteiger partial charge in [0.25, 0.3) is 5.91 Å². The van der Waals surface area contributed by atoms with Gasteiger partial charge in [-0.25, -0.2) is 0 Å². The molecule has 3 amide bonds. The lowest BCUT2D eigenvalue weighted by molar-refractivity contribution is -0.124. The summed E-state index contributed by atoms with van der Waals surface area (Å²) in [6.07, 6.45) is -0.0142. The van der Waals surface area contributed by atoms with E-state index in [-0.39, 0.29) is 18.7 Å². The van der Waals surface area contributed by atoms with Crippen LogP contribution in [0.15, 0.2) is 40.9 Å². The Morgan fingerprint density at radius 1 is 0.852 bits per heavy atom. The van der Waals surface area contributed by atoms with Gasteiger partial charge >= 0.3 is 0 Å². The Balaban J connectivity index is 1.78. The first-order valence-corrected chi connectivity index (χ1v) is 9.28. The van der Waals surface area contributed by atoms with Crippen molar-refractivity contribution in [3.05, 3.63) is 63.1 Å². The summed E-state index contributed by atoms with van der Waals surface area (Å²) in [5.41, 5.74) is 8.82. The van der Waals surface area contributed by atoms with E-state index in [1.807, 2.05) is 39.0 Å². The van der Waals surface area contributed by atoms with E-state index < -0.39 is 11.8 Å². The summed E-state index contributed by atoms with van der Waals surface area (Å²) in [5.74, 6) is -1.12. The summed E-state index contributed by atoms with van der Waals surface area (Å²) in [7, 11) is 0. The zero-order valence-electron chi connectivity index (χ0n) is 15.5. The molecule has 2 aromatic rings. The second-order valence-corrected chi connectivity index (χ2v) is 7.19. The van der Waals surface area contributed by atoms with Crippen molar-refractivity contribution in [1.29, 1.82) is 0 Å². The molecule has 0 bridgehead atoms. The van der Waals surface area contributed by atoms with Gasteiger partial charge in [0.05, 0.1) is 0 Å². The number of hydrogen-bond donors (Lipinski definition) is 3. The highest BCUT2D eigenvalue weighted by molar-refractivity contribution is 9.10. The molecule has 0 atom stereocenters. The number of aryl methyl sites for hydroxylation is 3. The second kappa shape index (κ2) is 9.32. The van der Waals surface area contributed by atoms with E-state index in [9.17, 15) is 14.4 Å². The molecule has 2 aromatic carbocycles. The van der Waals surface area contributed by atoms with Crippen molar-refractivity contribution in [3.63, 3.8) is 0 Å². The quantitative estimate of drug-likeness (QED) is 0.632. The van der Waals surface area contributed by atoms with Gasteiger partial charge < -0.3 is 5.32 Å². The molecule has 0 spiro atoms. The van der Waals surface area contributed by atoms with Gasteiger partial charge in [0, 0.05) is 28.6 Å². The smallest absolute Gasteiger partial charge is 0.269 e. The van der Waals surface area contributed by atoms with E-state index in [2.05, 4.69) is 32.1 Å². The van der Waals surface area contributed by atoms with Crippen LogP contribution in [0.3, 0.4) is 0 Å². The SMILES string of the molecule is Cc1ccc(C)c(NC(=O)CCC(=O)NNC(=O)c2ccc(C)c(Br)c2)c1. The minimum Gasteiger partial charge on any atom is -0.326 e. The largest absolute Gasteiger partial charge is 0.326 e. The molecule has 0 radical (unpaired) electrons. The summed E-state index contributed by atoms with van der Waals surface area (Å²) >= 11 is 3.36. The second-order valence-electron chi connectivity index (χ2n) is 6.33. The number of hydrogen-bond acceptors (Lipinski definition) is 3. The first-order valence-electron chi connectivity index (χ1n) is 8.48. The zero-order valence-corrected chi connectivity index (χ0v) is 17.1. The molecule has 0 unspecified atom stereocenters. The Morgan fingerprint density at radius 2 is 1.52 bits per heavy atom. The van der Waals surface area contributed by atoms with Crippen LogP contribution in [0.25, 0.3) is 0 Å². The van der Waals surface area contributed by atoms with Crippen LogP contribution in [-0.4, -0.2) is 17.7 Å². The highest BCUT2D eigenvalue weighted by Crippen LogP contribution is 2.18. The molecule has 142 valence electrons. The van der Waals surface area contributed by atoms with Gasteiger partial charge in [-0.3, -0.25) is 25.2 Å². The van der Waals surface area contributed by atoms with Crippen molar-refractivity contribution in [2.24, 2.45) is 0 Å². The molecular formula is C20H22BrN3O3. The van der Waals surface area contributed by atoms with Crippen LogP contribution in [0.5, 0.6) is 0 Å². The molecule has 2 rings (SSSR count). The van der Waals surface area contributed by atoms with Crippen LogP contribution in [0.4, 0.5) is 5.69 Å². The van der Waals surface area contributed by atoms with E-state index in [1.54, 1.807) is 18.2 Å². The maximum atomic E-state index is 12.0. The Morgan fingerprint density at radius 3 is 2.22 bits per heavy atom. The number of anilines is 1. The maximum Gasteiger partial charge on any atom is 0.269 e. The van der Waals surface area contributed by atoms with E-state index in [0.29, 0.717) is 5.56 Å². The topological polar surface area (TPSA) is 87.3 Å². The first-order chi connectivity index (χ1) is 12.8. The third kappa shape index (κ3) is 6.21. The average Bonchev–Trinajstić information content (AvgIpc) is 2.63. The van der Waals surface area contributed by atoms with Gasteiger partial charge in [-0.2, -0.15) is 0 Å². The molecule has 6 nitrogen and oxygen atoms in total. The fraction of sp³-hybridized carbons (Fsp3) is 0.250. The molecule has 0 saturated heterocycles. The summed E-state index contributed by atoms with van der Waals surface area (Å²) in [5, 5.41) is 2.80. The molecule has 0 aliphatic heterocycles. The number of carbonyl (C=O) groups is 3. The van der Waals surface area contributed by atoms with Crippen molar-refractivity contribution < 1.29 is 14.4 Å². The van der Waals surface area contributed by atoms with Crippen LogP contribution in [0, 0.1) is 20.8 Å². The maximum absolute atomic E-state index is 12.0. The number of nitrogens with one attached hydrogen (secondary N) is 3. The zero-order chi connectivity index (χ0) is 20.0. The van der Waals surface area contributed by atoms with Crippen molar-refractivity contribution in [1.82, 2.24) is 10.9 Å². The van der Waals surface area contributed by atoms with E-state index >= 15 is 0 Å². The molecule has 3 N–H and O–H groups in total. The van der Waals surface area contributed by atoms with E-state index in [1.165, 1.54) is 0 Å². The Hall–Kier alpha value is -2.67. The van der Waals surface area contributed by atoms with Crippen LogP contribution < -0.4 is 16.2 Å². The van der Waals surface area contributed by atoms with Crippen LogP contribution in [0.2, 0.25) is 0 Å². The number of benzene rings is 2. The molecule has 0 aromatic heterocycles. The molecule has 0 fully saturated rings. The van der Waals surface area contributed by atoms with Crippen LogP contribution in [0.1, 0.15) is 39.9 Å². The first kappa shape index (κ1) is 20.6. The highest BCUT2D eigenvalue weighted by atomic mass is 79.9. The van der Waals surface area contributed by atoms with E-state index in [0.717, 1.165) is 26.9 Å². The Kier molecular flexibility index (Phi) is 7.12. The third-order valence-electron chi connectivity index (χ3n) is 4.00. The van der Waals surface area contributed by atoms with Crippen LogP contribution in [-0.2, 0) is 9.59 Å². The number of halogens is 1. The Bertz CT molecular complexity index is 881. The summed E-state index contributed by atoms with van der Waals surface area (Å²) in [6, 6.07) is 10.9. The van der Waals surface area contributed by atoms with Gasteiger partial charge in [0.1, 0.15) is 0 Å². The fourth-order valence-corrected chi connectivity index (χ4v) is 2.68.